The van der Waals surface area contributed by atoms with Crippen LogP contribution in [0.4, 0.5) is 5.95 Å². The molecule has 6 heteroatoms. The minimum atomic E-state index is -0.342. The summed E-state index contributed by atoms with van der Waals surface area (Å²) in [6, 6.07) is 8.25. The summed E-state index contributed by atoms with van der Waals surface area (Å²) in [7, 11) is 1.79. The second-order valence-corrected chi connectivity index (χ2v) is 6.63. The molecule has 2 aromatic heterocycles. The maximum Gasteiger partial charge on any atom is 0.224 e. The van der Waals surface area contributed by atoms with Gasteiger partial charge in [-0.2, -0.15) is 0 Å². The van der Waals surface area contributed by atoms with Crippen molar-refractivity contribution in [3.05, 3.63) is 40.3 Å². The molecule has 0 aliphatic heterocycles. The molecule has 0 saturated heterocycles. The molecule has 3 rings (SSSR count). The average Bonchev–Trinajstić information content (AvgIpc) is 2.90. The topological polar surface area (TPSA) is 80.9 Å². The Morgan fingerprint density at radius 2 is 2.00 bits per heavy atom. The van der Waals surface area contributed by atoms with E-state index < -0.39 is 0 Å². The smallest absolute Gasteiger partial charge is 0.224 e. The number of nitrogens with one attached hydrogen (secondary N) is 1. The van der Waals surface area contributed by atoms with Crippen molar-refractivity contribution in [1.29, 1.82) is 0 Å². The predicted molar refractivity (Wildman–Crippen MR) is 94.8 cm³/mol. The quantitative estimate of drug-likeness (QED) is 0.772. The van der Waals surface area contributed by atoms with E-state index in [0.29, 0.717) is 5.95 Å². The highest BCUT2D eigenvalue weighted by molar-refractivity contribution is 7.18. The average molecular weight is 326 g/mol. The number of nitrogens with zero attached hydrogens (tertiary/aromatic N) is 2. The van der Waals surface area contributed by atoms with Crippen molar-refractivity contribution in [2.45, 2.75) is 20.3 Å². The summed E-state index contributed by atoms with van der Waals surface area (Å²) in [5.41, 5.74) is 9.68. The summed E-state index contributed by atoms with van der Waals surface area (Å²) in [6.07, 6.45) is 0.224. The number of aryl methyl sites for hydroxylation is 2. The summed E-state index contributed by atoms with van der Waals surface area (Å²) in [6.45, 7) is 4.17. The SMILES string of the molecule is CNc1nc(-c2ccc(C)c(C)c2)c2cc(CC(N)=O)sc2n1. The van der Waals surface area contributed by atoms with E-state index in [4.69, 9.17) is 5.73 Å². The third-order valence-electron chi connectivity index (χ3n) is 3.80. The van der Waals surface area contributed by atoms with Crippen LogP contribution in [0.5, 0.6) is 0 Å². The molecule has 1 amide bonds. The number of carbonyl (C=O) groups excluding carboxylic acids is 1. The molecule has 118 valence electrons. The lowest BCUT2D eigenvalue weighted by molar-refractivity contribution is -0.117. The van der Waals surface area contributed by atoms with Crippen molar-refractivity contribution >= 4 is 33.4 Å². The maximum atomic E-state index is 11.2. The number of fused-ring (bicyclic) bond motifs is 1. The zero-order valence-corrected chi connectivity index (χ0v) is 14.1. The van der Waals surface area contributed by atoms with Crippen molar-refractivity contribution in [3.63, 3.8) is 0 Å². The number of rotatable bonds is 4. The second-order valence-electron chi connectivity index (χ2n) is 5.52. The van der Waals surface area contributed by atoms with Crippen molar-refractivity contribution < 1.29 is 4.79 Å². The fourth-order valence-electron chi connectivity index (χ4n) is 2.45. The van der Waals surface area contributed by atoms with E-state index in [1.54, 1.807) is 7.05 Å². The number of nitrogens with two attached hydrogens (primary N) is 1. The number of carbonyl (C=O) groups is 1. The van der Waals surface area contributed by atoms with Gasteiger partial charge in [0.15, 0.2) is 0 Å². The highest BCUT2D eigenvalue weighted by atomic mass is 32.1. The van der Waals surface area contributed by atoms with Crippen LogP contribution >= 0.6 is 11.3 Å². The van der Waals surface area contributed by atoms with Gasteiger partial charge in [-0.15, -0.1) is 11.3 Å². The van der Waals surface area contributed by atoms with E-state index in [0.717, 1.165) is 26.4 Å². The van der Waals surface area contributed by atoms with Crippen molar-refractivity contribution in [2.75, 3.05) is 12.4 Å². The Bertz CT molecular complexity index is 901. The zero-order valence-electron chi connectivity index (χ0n) is 13.3. The van der Waals surface area contributed by atoms with Gasteiger partial charge in [-0.3, -0.25) is 4.79 Å². The lowest BCUT2D eigenvalue weighted by atomic mass is 10.0. The Morgan fingerprint density at radius 3 is 2.65 bits per heavy atom. The molecule has 0 bridgehead atoms. The molecule has 5 nitrogen and oxygen atoms in total. The molecule has 0 radical (unpaired) electrons. The number of thiophene rings is 1. The first-order valence-corrected chi connectivity index (χ1v) is 8.13. The van der Waals surface area contributed by atoms with Crippen LogP contribution in [0, 0.1) is 13.8 Å². The number of aromatic nitrogens is 2. The van der Waals surface area contributed by atoms with Crippen LogP contribution in [-0.4, -0.2) is 22.9 Å². The number of benzene rings is 1. The third-order valence-corrected chi connectivity index (χ3v) is 4.83. The van der Waals surface area contributed by atoms with E-state index in [1.165, 1.54) is 22.5 Å². The monoisotopic (exact) mass is 326 g/mol. The molecule has 0 saturated carbocycles. The number of anilines is 1. The highest BCUT2D eigenvalue weighted by Gasteiger charge is 2.14. The molecule has 3 aromatic rings. The second kappa shape index (κ2) is 5.96. The minimum absolute atomic E-state index is 0.224. The standard InChI is InChI=1S/C17H18N4OS/c1-9-4-5-11(6-10(9)2)15-13-7-12(8-14(18)22)23-16(13)21-17(19-3)20-15/h4-7H,8H2,1-3H3,(H2,18,22)(H,19,20,21). The molecule has 0 aliphatic rings. The van der Waals surface area contributed by atoms with Gasteiger partial charge in [-0.25, -0.2) is 9.97 Å². The number of amides is 1. The zero-order chi connectivity index (χ0) is 16.6. The first kappa shape index (κ1) is 15.4. The minimum Gasteiger partial charge on any atom is -0.369 e. The summed E-state index contributed by atoms with van der Waals surface area (Å²) >= 11 is 1.48. The molecule has 0 spiro atoms. The Balaban J connectivity index is 2.22. The Labute approximate surface area is 138 Å². The third kappa shape index (κ3) is 3.03. The molecule has 0 fully saturated rings. The van der Waals surface area contributed by atoms with E-state index >= 15 is 0 Å². The van der Waals surface area contributed by atoms with Crippen LogP contribution in [0.3, 0.4) is 0 Å². The first-order valence-electron chi connectivity index (χ1n) is 7.32. The van der Waals surface area contributed by atoms with Crippen molar-refractivity contribution in [2.24, 2.45) is 5.73 Å². The molecule has 0 aliphatic carbocycles. The molecule has 0 unspecified atom stereocenters. The highest BCUT2D eigenvalue weighted by Crippen LogP contribution is 2.33. The first-order chi connectivity index (χ1) is 11.0. The van der Waals surface area contributed by atoms with Crippen LogP contribution in [0.15, 0.2) is 24.3 Å². The number of primary amides is 1. The van der Waals surface area contributed by atoms with Crippen molar-refractivity contribution in [3.8, 4) is 11.3 Å². The molecule has 23 heavy (non-hydrogen) atoms. The normalized spacial score (nSPS) is 10.9. The van der Waals surface area contributed by atoms with Crippen LogP contribution < -0.4 is 11.1 Å². The van der Waals surface area contributed by atoms with Gasteiger partial charge in [0.2, 0.25) is 11.9 Å². The lowest BCUT2D eigenvalue weighted by Crippen LogP contribution is -2.12. The van der Waals surface area contributed by atoms with E-state index in [2.05, 4.69) is 47.3 Å². The van der Waals surface area contributed by atoms with Crippen molar-refractivity contribution in [1.82, 2.24) is 9.97 Å². The molecule has 0 atom stereocenters. The van der Waals surface area contributed by atoms with Gasteiger partial charge in [0.25, 0.3) is 0 Å². The van der Waals surface area contributed by atoms with E-state index in [-0.39, 0.29) is 12.3 Å². The number of hydrogen-bond acceptors (Lipinski definition) is 5. The van der Waals surface area contributed by atoms with Gasteiger partial charge in [-0.05, 0) is 37.1 Å². The molecular weight excluding hydrogens is 308 g/mol. The van der Waals surface area contributed by atoms with Crippen LogP contribution in [0.25, 0.3) is 21.5 Å². The van der Waals surface area contributed by atoms with Gasteiger partial charge in [0.1, 0.15) is 4.83 Å². The molecule has 3 N–H and O–H groups in total. The Kier molecular flexibility index (Phi) is 4.00. The maximum absolute atomic E-state index is 11.2. The Hall–Kier alpha value is -2.47. The predicted octanol–water partition coefficient (Wildman–Crippen LogP) is 3.04. The molecule has 1 aromatic carbocycles. The fourth-order valence-corrected chi connectivity index (χ4v) is 3.49. The van der Waals surface area contributed by atoms with E-state index in [9.17, 15) is 4.79 Å². The Morgan fingerprint density at radius 1 is 1.22 bits per heavy atom. The summed E-state index contributed by atoms with van der Waals surface area (Å²) in [5, 5.41) is 3.95. The molecular formula is C17H18N4OS. The van der Waals surface area contributed by atoms with Crippen LogP contribution in [-0.2, 0) is 11.2 Å². The van der Waals surface area contributed by atoms with Gasteiger partial charge in [0, 0.05) is 22.9 Å². The fraction of sp³-hybridized carbons (Fsp3) is 0.235. The number of hydrogen-bond donors (Lipinski definition) is 2. The van der Waals surface area contributed by atoms with Gasteiger partial charge < -0.3 is 11.1 Å². The van der Waals surface area contributed by atoms with Gasteiger partial charge in [0.05, 0.1) is 12.1 Å². The van der Waals surface area contributed by atoms with Crippen LogP contribution in [0.1, 0.15) is 16.0 Å². The van der Waals surface area contributed by atoms with Gasteiger partial charge in [-0.1, -0.05) is 12.1 Å². The molecule has 2 heterocycles. The van der Waals surface area contributed by atoms with Gasteiger partial charge >= 0.3 is 0 Å². The summed E-state index contributed by atoms with van der Waals surface area (Å²) in [4.78, 5) is 22.1. The van der Waals surface area contributed by atoms with E-state index in [1.807, 2.05) is 6.07 Å². The lowest BCUT2D eigenvalue weighted by Gasteiger charge is -2.08. The summed E-state index contributed by atoms with van der Waals surface area (Å²) < 4.78 is 0. The van der Waals surface area contributed by atoms with Crippen LogP contribution in [0.2, 0.25) is 0 Å². The largest absolute Gasteiger partial charge is 0.369 e. The summed E-state index contributed by atoms with van der Waals surface area (Å²) in [5.74, 6) is 0.226.